The number of nitrogens with one attached hydrogen (secondary N) is 2. The van der Waals surface area contributed by atoms with Gasteiger partial charge in [-0.05, 0) is 35.6 Å². The molecule has 8 nitrogen and oxygen atoms in total. The van der Waals surface area contributed by atoms with Gasteiger partial charge in [0.25, 0.3) is 0 Å². The molecule has 1 amide bonds. The number of carboxylic acid groups (broad SMARTS) is 1. The van der Waals surface area contributed by atoms with Crippen LogP contribution in [0, 0.1) is 0 Å². The molecule has 35 heavy (non-hydrogen) atoms. The minimum atomic E-state index is -4.50. The van der Waals surface area contributed by atoms with Crippen LogP contribution in [-0.4, -0.2) is 44.6 Å². The summed E-state index contributed by atoms with van der Waals surface area (Å²) in [4.78, 5) is 43.9. The molecule has 0 aliphatic rings. The van der Waals surface area contributed by atoms with Crippen molar-refractivity contribution >= 4 is 19.5 Å². The van der Waals surface area contributed by atoms with Crippen molar-refractivity contribution in [1.29, 1.82) is 0 Å². The SMILES string of the molecule is C[C@H](N[C@@H](Cc1ccccc1)C(=O)N[C@@H](Cc1ccc(-c2ccccc2)cc1)C(=O)O)P(=O)(O)O. The molecule has 3 rings (SSSR count). The smallest absolute Gasteiger partial charge is 0.342 e. The van der Waals surface area contributed by atoms with E-state index in [4.69, 9.17) is 0 Å². The quantitative estimate of drug-likeness (QED) is 0.257. The fraction of sp³-hybridized carbons (Fsp3) is 0.231. The predicted molar refractivity (Wildman–Crippen MR) is 134 cm³/mol. The number of hydrogen-bond acceptors (Lipinski definition) is 4. The third-order valence-electron chi connectivity index (χ3n) is 5.66. The van der Waals surface area contributed by atoms with Crippen molar-refractivity contribution in [2.45, 2.75) is 37.6 Å². The van der Waals surface area contributed by atoms with Gasteiger partial charge in [-0.2, -0.15) is 0 Å². The highest BCUT2D eigenvalue weighted by Gasteiger charge is 2.31. The summed E-state index contributed by atoms with van der Waals surface area (Å²) in [7, 11) is -4.50. The molecule has 0 spiro atoms. The van der Waals surface area contributed by atoms with Crippen LogP contribution in [-0.2, 0) is 27.0 Å². The Balaban J connectivity index is 1.73. The number of carbonyl (C=O) groups is 2. The van der Waals surface area contributed by atoms with Crippen molar-refractivity contribution in [3.05, 3.63) is 96.1 Å². The molecular weight excluding hydrogens is 467 g/mol. The number of rotatable bonds is 11. The van der Waals surface area contributed by atoms with Crippen molar-refractivity contribution in [2.24, 2.45) is 0 Å². The van der Waals surface area contributed by atoms with Gasteiger partial charge in [0.1, 0.15) is 11.8 Å². The lowest BCUT2D eigenvalue weighted by Crippen LogP contribution is -2.53. The van der Waals surface area contributed by atoms with E-state index in [1.807, 2.05) is 60.7 Å². The van der Waals surface area contributed by atoms with E-state index in [1.165, 1.54) is 6.92 Å². The summed E-state index contributed by atoms with van der Waals surface area (Å²) >= 11 is 0. The molecule has 0 fully saturated rings. The minimum absolute atomic E-state index is 0.0578. The molecule has 9 heteroatoms. The summed E-state index contributed by atoms with van der Waals surface area (Å²) in [5.74, 6) is -3.13. The van der Waals surface area contributed by atoms with Crippen LogP contribution in [0.2, 0.25) is 0 Å². The van der Waals surface area contributed by atoms with Crippen molar-refractivity contribution in [3.8, 4) is 11.1 Å². The van der Waals surface area contributed by atoms with Crippen LogP contribution in [0.5, 0.6) is 0 Å². The van der Waals surface area contributed by atoms with Crippen molar-refractivity contribution in [1.82, 2.24) is 10.6 Å². The zero-order valence-corrected chi connectivity index (χ0v) is 20.1. The van der Waals surface area contributed by atoms with Gasteiger partial charge in [0.2, 0.25) is 5.91 Å². The molecule has 0 saturated heterocycles. The molecule has 3 atom stereocenters. The van der Waals surface area contributed by atoms with E-state index in [-0.39, 0.29) is 12.8 Å². The number of hydrogen-bond donors (Lipinski definition) is 5. The molecule has 0 unspecified atom stereocenters. The normalized spacial score (nSPS) is 14.0. The number of carboxylic acids is 1. The van der Waals surface area contributed by atoms with Gasteiger partial charge in [0.05, 0.1) is 6.04 Å². The summed E-state index contributed by atoms with van der Waals surface area (Å²) in [6.07, 6.45) is 0.192. The van der Waals surface area contributed by atoms with Gasteiger partial charge in [-0.3, -0.25) is 14.7 Å². The Morgan fingerprint density at radius 1 is 0.771 bits per heavy atom. The molecule has 184 valence electrons. The first-order chi connectivity index (χ1) is 16.6. The van der Waals surface area contributed by atoms with E-state index in [2.05, 4.69) is 10.6 Å². The monoisotopic (exact) mass is 496 g/mol. The van der Waals surface area contributed by atoms with Crippen molar-refractivity contribution in [2.75, 3.05) is 0 Å². The summed E-state index contributed by atoms with van der Waals surface area (Å²) in [5, 5.41) is 14.9. The number of aliphatic carboxylic acids is 1. The molecule has 0 aliphatic carbocycles. The van der Waals surface area contributed by atoms with Gasteiger partial charge in [0.15, 0.2) is 0 Å². The maximum atomic E-state index is 13.1. The molecule has 0 saturated carbocycles. The average Bonchev–Trinajstić information content (AvgIpc) is 2.84. The second kappa shape index (κ2) is 11.9. The molecule has 0 aliphatic heterocycles. The van der Waals surface area contributed by atoms with E-state index in [1.54, 1.807) is 24.3 Å². The maximum Gasteiger partial charge on any atom is 0.342 e. The molecule has 3 aromatic rings. The molecular formula is C26H29N2O6P. The fourth-order valence-electron chi connectivity index (χ4n) is 3.64. The van der Waals surface area contributed by atoms with Crippen LogP contribution in [0.3, 0.4) is 0 Å². The largest absolute Gasteiger partial charge is 0.480 e. The molecule has 0 heterocycles. The third kappa shape index (κ3) is 7.87. The first-order valence-electron chi connectivity index (χ1n) is 11.2. The van der Waals surface area contributed by atoms with Crippen LogP contribution >= 0.6 is 7.60 Å². The Morgan fingerprint density at radius 2 is 1.26 bits per heavy atom. The minimum Gasteiger partial charge on any atom is -0.480 e. The van der Waals surface area contributed by atoms with Crippen LogP contribution < -0.4 is 10.6 Å². The summed E-state index contributed by atoms with van der Waals surface area (Å²) in [6.45, 7) is 1.29. The van der Waals surface area contributed by atoms with Gasteiger partial charge in [-0.1, -0.05) is 84.9 Å². The summed E-state index contributed by atoms with van der Waals surface area (Å²) < 4.78 is 11.6. The van der Waals surface area contributed by atoms with E-state index in [0.29, 0.717) is 0 Å². The Bertz CT molecular complexity index is 1170. The molecule has 0 radical (unpaired) electrons. The zero-order chi connectivity index (χ0) is 25.4. The predicted octanol–water partition coefficient (Wildman–Crippen LogP) is 3.19. The lowest BCUT2D eigenvalue weighted by atomic mass is 10.00. The van der Waals surface area contributed by atoms with Gasteiger partial charge >= 0.3 is 13.6 Å². The second-order valence-electron chi connectivity index (χ2n) is 8.34. The van der Waals surface area contributed by atoms with Crippen LogP contribution in [0.15, 0.2) is 84.9 Å². The standard InChI is InChI=1S/C26H29N2O6P/c1-18(35(32,33)34)27-23(16-19-8-4-2-5-9-19)25(29)28-24(26(30)31)17-20-12-14-22(15-13-20)21-10-6-3-7-11-21/h2-15,18,23-24,27H,16-17H2,1H3,(H,28,29)(H,30,31)(H2,32,33,34)/t18-,23+,24+/m1/s1. The van der Waals surface area contributed by atoms with Gasteiger partial charge in [-0.15, -0.1) is 0 Å². The van der Waals surface area contributed by atoms with E-state index in [9.17, 15) is 29.0 Å². The number of benzene rings is 3. The molecule has 5 N–H and O–H groups in total. The molecule has 3 aromatic carbocycles. The lowest BCUT2D eigenvalue weighted by Gasteiger charge is -2.25. The Labute approximate surface area is 204 Å². The van der Waals surface area contributed by atoms with Crippen molar-refractivity contribution < 1.29 is 29.0 Å². The Morgan fingerprint density at radius 3 is 1.80 bits per heavy atom. The third-order valence-corrected chi connectivity index (χ3v) is 6.82. The zero-order valence-electron chi connectivity index (χ0n) is 19.2. The van der Waals surface area contributed by atoms with E-state index in [0.717, 1.165) is 22.3 Å². The highest BCUT2D eigenvalue weighted by molar-refractivity contribution is 7.52. The summed E-state index contributed by atoms with van der Waals surface area (Å²) in [6, 6.07) is 23.9. The molecule has 0 aromatic heterocycles. The summed E-state index contributed by atoms with van der Waals surface area (Å²) in [5.41, 5.74) is 3.52. The van der Waals surface area contributed by atoms with Crippen LogP contribution in [0.1, 0.15) is 18.1 Å². The lowest BCUT2D eigenvalue weighted by molar-refractivity contribution is -0.142. The second-order valence-corrected chi connectivity index (χ2v) is 10.3. The number of carbonyl (C=O) groups excluding carboxylic acids is 1. The highest BCUT2D eigenvalue weighted by atomic mass is 31.2. The van der Waals surface area contributed by atoms with Crippen molar-refractivity contribution in [3.63, 3.8) is 0 Å². The van der Waals surface area contributed by atoms with Gasteiger partial charge in [-0.25, -0.2) is 4.79 Å². The first kappa shape index (κ1) is 26.3. The fourth-order valence-corrected chi connectivity index (χ4v) is 4.01. The van der Waals surface area contributed by atoms with E-state index < -0.39 is 37.3 Å². The van der Waals surface area contributed by atoms with Gasteiger partial charge in [0, 0.05) is 6.42 Å². The average molecular weight is 497 g/mol. The van der Waals surface area contributed by atoms with Gasteiger partial charge < -0.3 is 20.2 Å². The maximum absolute atomic E-state index is 13.1. The molecule has 0 bridgehead atoms. The Hall–Kier alpha value is -3.29. The number of amides is 1. The van der Waals surface area contributed by atoms with E-state index >= 15 is 0 Å². The topological polar surface area (TPSA) is 136 Å². The highest BCUT2D eigenvalue weighted by Crippen LogP contribution is 2.39. The first-order valence-corrected chi connectivity index (χ1v) is 12.8. The van der Waals surface area contributed by atoms with Crippen LogP contribution in [0.25, 0.3) is 11.1 Å². The Kier molecular flexibility index (Phi) is 8.95. The van der Waals surface area contributed by atoms with Crippen LogP contribution in [0.4, 0.5) is 0 Å².